The van der Waals surface area contributed by atoms with Crippen molar-refractivity contribution < 1.29 is 9.47 Å². The van der Waals surface area contributed by atoms with Crippen LogP contribution in [0.1, 0.15) is 25.7 Å². The summed E-state index contributed by atoms with van der Waals surface area (Å²) in [5.41, 5.74) is 6.89. The van der Waals surface area contributed by atoms with E-state index in [1.165, 1.54) is 6.42 Å². The summed E-state index contributed by atoms with van der Waals surface area (Å²) in [6, 6.07) is 4.40. The van der Waals surface area contributed by atoms with Crippen molar-refractivity contribution in [1.29, 1.82) is 0 Å². The largest absolute Gasteiger partial charge is 0.454 e. The van der Waals surface area contributed by atoms with Crippen molar-refractivity contribution in [2.75, 3.05) is 12.1 Å². The molecule has 0 aromatic heterocycles. The maximum Gasteiger partial charge on any atom is 0.231 e. The summed E-state index contributed by atoms with van der Waals surface area (Å²) in [5, 5.41) is 4.13. The molecule has 18 heavy (non-hydrogen) atoms. The third kappa shape index (κ3) is 2.35. The second-order valence-corrected chi connectivity index (χ2v) is 5.36. The van der Waals surface area contributed by atoms with Crippen LogP contribution in [0.4, 0.5) is 5.69 Å². The summed E-state index contributed by atoms with van der Waals surface area (Å²) >= 11 is 6.23. The smallest absolute Gasteiger partial charge is 0.231 e. The van der Waals surface area contributed by atoms with Crippen LogP contribution in [-0.2, 0) is 0 Å². The monoisotopic (exact) mass is 268 g/mol. The van der Waals surface area contributed by atoms with Gasteiger partial charge in [-0.3, -0.25) is 0 Å². The van der Waals surface area contributed by atoms with Crippen LogP contribution in [0.2, 0.25) is 5.02 Å². The Morgan fingerprint density at radius 1 is 1.22 bits per heavy atom. The van der Waals surface area contributed by atoms with E-state index in [-0.39, 0.29) is 6.79 Å². The number of nitrogens with two attached hydrogens (primary N) is 1. The van der Waals surface area contributed by atoms with Gasteiger partial charge in [-0.25, -0.2) is 0 Å². The molecule has 1 aliphatic carbocycles. The molecule has 3 N–H and O–H groups in total. The first kappa shape index (κ1) is 11.9. The Bertz CT molecular complexity index is 453. The SMILES string of the molecule is NC1CCCC(Nc2cc3c(cc2Cl)OCO3)C1. The number of hydrogen-bond donors (Lipinski definition) is 2. The summed E-state index contributed by atoms with van der Waals surface area (Å²) in [6.07, 6.45) is 4.41. The highest BCUT2D eigenvalue weighted by Gasteiger charge is 2.22. The first-order valence-electron chi connectivity index (χ1n) is 6.33. The highest BCUT2D eigenvalue weighted by molar-refractivity contribution is 6.33. The van der Waals surface area contributed by atoms with Crippen molar-refractivity contribution in [1.82, 2.24) is 0 Å². The average molecular weight is 269 g/mol. The van der Waals surface area contributed by atoms with Gasteiger partial charge in [0.15, 0.2) is 11.5 Å². The van der Waals surface area contributed by atoms with E-state index in [2.05, 4.69) is 5.32 Å². The van der Waals surface area contributed by atoms with Gasteiger partial charge in [0, 0.05) is 24.2 Å². The highest BCUT2D eigenvalue weighted by Crippen LogP contribution is 2.39. The lowest BCUT2D eigenvalue weighted by atomic mass is 9.91. The van der Waals surface area contributed by atoms with Gasteiger partial charge in [-0.05, 0) is 25.7 Å². The summed E-state index contributed by atoms with van der Waals surface area (Å²) in [4.78, 5) is 0. The van der Waals surface area contributed by atoms with E-state index < -0.39 is 0 Å². The summed E-state index contributed by atoms with van der Waals surface area (Å²) in [6.45, 7) is 0.267. The minimum absolute atomic E-state index is 0.267. The fourth-order valence-electron chi connectivity index (χ4n) is 2.61. The van der Waals surface area contributed by atoms with Gasteiger partial charge in [-0.2, -0.15) is 0 Å². The number of ether oxygens (including phenoxy) is 2. The molecule has 0 spiro atoms. The molecule has 1 saturated carbocycles. The molecule has 0 radical (unpaired) electrons. The van der Waals surface area contributed by atoms with Gasteiger partial charge >= 0.3 is 0 Å². The summed E-state index contributed by atoms with van der Waals surface area (Å²) < 4.78 is 10.6. The maximum atomic E-state index is 6.23. The molecule has 2 atom stereocenters. The van der Waals surface area contributed by atoms with Gasteiger partial charge in [-0.15, -0.1) is 0 Å². The first-order valence-corrected chi connectivity index (χ1v) is 6.71. The van der Waals surface area contributed by atoms with E-state index in [9.17, 15) is 0 Å². The molecule has 98 valence electrons. The summed E-state index contributed by atoms with van der Waals surface area (Å²) in [7, 11) is 0. The quantitative estimate of drug-likeness (QED) is 0.866. The van der Waals surface area contributed by atoms with E-state index in [4.69, 9.17) is 26.8 Å². The average Bonchev–Trinajstić information content (AvgIpc) is 2.76. The van der Waals surface area contributed by atoms with Crippen LogP contribution in [0.25, 0.3) is 0 Å². The molecule has 1 fully saturated rings. The number of nitrogens with one attached hydrogen (secondary N) is 1. The zero-order valence-electron chi connectivity index (χ0n) is 10.1. The zero-order chi connectivity index (χ0) is 12.5. The highest BCUT2D eigenvalue weighted by atomic mass is 35.5. The Labute approximate surface area is 111 Å². The van der Waals surface area contributed by atoms with E-state index >= 15 is 0 Å². The first-order chi connectivity index (χ1) is 8.72. The molecule has 1 heterocycles. The van der Waals surface area contributed by atoms with Crippen molar-refractivity contribution in [2.24, 2.45) is 5.73 Å². The van der Waals surface area contributed by atoms with Gasteiger partial charge in [0.2, 0.25) is 6.79 Å². The van der Waals surface area contributed by atoms with Gasteiger partial charge in [0.25, 0.3) is 0 Å². The number of anilines is 1. The van der Waals surface area contributed by atoms with Crippen molar-refractivity contribution in [2.45, 2.75) is 37.8 Å². The molecule has 5 heteroatoms. The fourth-order valence-corrected chi connectivity index (χ4v) is 2.81. The van der Waals surface area contributed by atoms with E-state index in [1.807, 2.05) is 6.07 Å². The standard InChI is InChI=1S/C13H17ClN2O2/c14-10-5-12-13(18-7-17-12)6-11(10)16-9-3-1-2-8(15)4-9/h5-6,8-9,16H,1-4,7,15H2. The maximum absolute atomic E-state index is 6.23. The molecule has 0 amide bonds. The minimum Gasteiger partial charge on any atom is -0.454 e. The number of fused-ring (bicyclic) bond motifs is 1. The fraction of sp³-hybridized carbons (Fsp3) is 0.538. The lowest BCUT2D eigenvalue weighted by molar-refractivity contribution is 0.174. The van der Waals surface area contributed by atoms with Crippen molar-refractivity contribution in [3.63, 3.8) is 0 Å². The van der Waals surface area contributed by atoms with Crippen molar-refractivity contribution in [3.8, 4) is 11.5 Å². The van der Waals surface area contributed by atoms with Gasteiger partial charge in [0.1, 0.15) is 0 Å². The molecule has 4 nitrogen and oxygen atoms in total. The van der Waals surface area contributed by atoms with Crippen LogP contribution in [0.3, 0.4) is 0 Å². The Hall–Kier alpha value is -1.13. The predicted octanol–water partition coefficient (Wildman–Crippen LogP) is 2.75. The Balaban J connectivity index is 1.76. The Morgan fingerprint density at radius 2 is 2.00 bits per heavy atom. The Kier molecular flexibility index (Phi) is 3.22. The second kappa shape index (κ2) is 4.86. The van der Waals surface area contributed by atoms with Crippen molar-refractivity contribution in [3.05, 3.63) is 17.2 Å². The van der Waals surface area contributed by atoms with Crippen LogP contribution < -0.4 is 20.5 Å². The lowest BCUT2D eigenvalue weighted by Gasteiger charge is -2.28. The molecule has 2 unspecified atom stereocenters. The van der Waals surface area contributed by atoms with E-state index in [0.717, 1.165) is 30.7 Å². The zero-order valence-corrected chi connectivity index (χ0v) is 10.9. The molecule has 0 saturated heterocycles. The number of hydrogen-bond acceptors (Lipinski definition) is 4. The lowest BCUT2D eigenvalue weighted by Crippen LogP contribution is -2.34. The third-order valence-electron chi connectivity index (χ3n) is 3.54. The third-order valence-corrected chi connectivity index (χ3v) is 3.85. The van der Waals surface area contributed by atoms with Crippen LogP contribution in [0.5, 0.6) is 11.5 Å². The van der Waals surface area contributed by atoms with Gasteiger partial charge in [0.05, 0.1) is 10.7 Å². The molecule has 1 aromatic carbocycles. The summed E-state index contributed by atoms with van der Waals surface area (Å²) in [5.74, 6) is 1.47. The number of halogens is 1. The number of rotatable bonds is 2. The molecular weight excluding hydrogens is 252 g/mol. The van der Waals surface area contributed by atoms with Crippen LogP contribution in [0, 0.1) is 0 Å². The topological polar surface area (TPSA) is 56.5 Å². The van der Waals surface area contributed by atoms with Gasteiger partial charge in [-0.1, -0.05) is 11.6 Å². The predicted molar refractivity (Wildman–Crippen MR) is 71.4 cm³/mol. The molecular formula is C13H17ClN2O2. The Morgan fingerprint density at radius 3 is 2.78 bits per heavy atom. The van der Waals surface area contributed by atoms with Crippen LogP contribution in [0.15, 0.2) is 12.1 Å². The van der Waals surface area contributed by atoms with Crippen LogP contribution >= 0.6 is 11.6 Å². The second-order valence-electron chi connectivity index (χ2n) is 4.95. The molecule has 1 aliphatic heterocycles. The van der Waals surface area contributed by atoms with E-state index in [1.54, 1.807) is 6.07 Å². The van der Waals surface area contributed by atoms with Crippen molar-refractivity contribution >= 4 is 17.3 Å². The molecule has 3 rings (SSSR count). The molecule has 1 aromatic rings. The minimum atomic E-state index is 0.267. The van der Waals surface area contributed by atoms with Crippen LogP contribution in [-0.4, -0.2) is 18.9 Å². The number of benzene rings is 1. The molecule has 0 bridgehead atoms. The molecule has 2 aliphatic rings. The normalized spacial score (nSPS) is 26.1. The van der Waals surface area contributed by atoms with Gasteiger partial charge < -0.3 is 20.5 Å². The van der Waals surface area contributed by atoms with E-state index in [0.29, 0.717) is 22.9 Å².